The van der Waals surface area contributed by atoms with Crippen LogP contribution in [0.5, 0.6) is 5.75 Å². The Bertz CT molecular complexity index is 352. The molecule has 1 aromatic carbocycles. The van der Waals surface area contributed by atoms with E-state index in [4.69, 9.17) is 9.84 Å². The van der Waals surface area contributed by atoms with Crippen molar-refractivity contribution in [3.63, 3.8) is 0 Å². The molecule has 0 bridgehead atoms. The molecule has 2 nitrogen and oxygen atoms in total. The average molecular weight is 285 g/mol. The van der Waals surface area contributed by atoms with Gasteiger partial charge in [0.05, 0.1) is 7.11 Å². The molecule has 0 spiro atoms. The minimum absolute atomic E-state index is 0.00537. The summed E-state index contributed by atoms with van der Waals surface area (Å²) >= 11 is 3.09. The first kappa shape index (κ1) is 12.3. The number of ether oxygens (including phenoxy) is 1. The van der Waals surface area contributed by atoms with E-state index in [-0.39, 0.29) is 11.3 Å². The Morgan fingerprint density at radius 1 is 1.40 bits per heavy atom. The normalized spacial score (nSPS) is 13.7. The lowest BCUT2D eigenvalue weighted by Crippen LogP contribution is -2.20. The van der Waals surface area contributed by atoms with Crippen LogP contribution in [0.1, 0.15) is 11.7 Å². The highest BCUT2D eigenvalue weighted by Gasteiger charge is 2.40. The molecule has 6 heteroatoms. The third-order valence-corrected chi connectivity index (χ3v) is 2.29. The minimum Gasteiger partial charge on any atom is -0.496 e. The molecule has 0 aromatic heterocycles. The van der Waals surface area contributed by atoms with E-state index in [0.717, 1.165) is 0 Å². The number of methoxy groups -OCH3 is 1. The molecular weight excluding hydrogens is 277 g/mol. The van der Waals surface area contributed by atoms with E-state index < -0.39 is 12.3 Å². The standard InChI is InChI=1S/C9H8BrF3O2/c1-15-7-4-5(10)2-3-6(7)8(14)9(11,12)13/h2-4,8,14H,1H3. The van der Waals surface area contributed by atoms with Gasteiger partial charge in [0.2, 0.25) is 0 Å². The van der Waals surface area contributed by atoms with Crippen LogP contribution < -0.4 is 4.74 Å². The molecule has 84 valence electrons. The molecule has 0 aliphatic carbocycles. The quantitative estimate of drug-likeness (QED) is 0.905. The van der Waals surface area contributed by atoms with Gasteiger partial charge in [0.1, 0.15) is 5.75 Å². The summed E-state index contributed by atoms with van der Waals surface area (Å²) in [5, 5.41) is 9.04. The summed E-state index contributed by atoms with van der Waals surface area (Å²) in [5.74, 6) is -0.00537. The van der Waals surface area contributed by atoms with Crippen LogP contribution in [0.4, 0.5) is 13.2 Å². The van der Waals surface area contributed by atoms with Crippen LogP contribution in [0, 0.1) is 0 Å². The predicted octanol–water partition coefficient (Wildman–Crippen LogP) is 3.05. The van der Waals surface area contributed by atoms with E-state index in [9.17, 15) is 13.2 Å². The maximum Gasteiger partial charge on any atom is 0.418 e. The van der Waals surface area contributed by atoms with Crippen molar-refractivity contribution in [1.29, 1.82) is 0 Å². The van der Waals surface area contributed by atoms with Gasteiger partial charge in [-0.25, -0.2) is 0 Å². The lowest BCUT2D eigenvalue weighted by molar-refractivity contribution is -0.207. The average Bonchev–Trinajstić information content (AvgIpc) is 2.15. The number of rotatable bonds is 2. The Balaban J connectivity index is 3.14. The number of hydrogen-bond acceptors (Lipinski definition) is 2. The fraction of sp³-hybridized carbons (Fsp3) is 0.333. The van der Waals surface area contributed by atoms with Crippen molar-refractivity contribution in [3.8, 4) is 5.75 Å². The summed E-state index contributed by atoms with van der Waals surface area (Å²) in [6, 6.07) is 3.94. The summed E-state index contributed by atoms with van der Waals surface area (Å²) in [4.78, 5) is 0. The molecule has 1 N–H and O–H groups in total. The fourth-order valence-electron chi connectivity index (χ4n) is 1.09. The molecule has 0 aliphatic rings. The summed E-state index contributed by atoms with van der Waals surface area (Å²) in [7, 11) is 1.24. The summed E-state index contributed by atoms with van der Waals surface area (Å²) in [6.07, 6.45) is -7.22. The molecule has 1 unspecified atom stereocenters. The summed E-state index contributed by atoms with van der Waals surface area (Å²) in [6.45, 7) is 0. The Kier molecular flexibility index (Phi) is 3.62. The molecule has 1 atom stereocenters. The van der Waals surface area contributed by atoms with Gasteiger partial charge in [-0.3, -0.25) is 0 Å². The van der Waals surface area contributed by atoms with E-state index in [1.165, 1.54) is 25.3 Å². The molecular formula is C9H8BrF3O2. The van der Waals surface area contributed by atoms with Crippen molar-refractivity contribution in [1.82, 2.24) is 0 Å². The molecule has 0 saturated carbocycles. The molecule has 0 aliphatic heterocycles. The van der Waals surface area contributed by atoms with Crippen molar-refractivity contribution in [2.24, 2.45) is 0 Å². The number of aliphatic hydroxyl groups excluding tert-OH is 1. The number of benzene rings is 1. The Morgan fingerprint density at radius 2 is 2.00 bits per heavy atom. The largest absolute Gasteiger partial charge is 0.496 e. The van der Waals surface area contributed by atoms with E-state index in [1.807, 2.05) is 0 Å². The first-order valence-electron chi connectivity index (χ1n) is 3.94. The van der Waals surface area contributed by atoms with Crippen LogP contribution in [0.3, 0.4) is 0 Å². The number of aliphatic hydroxyl groups is 1. The van der Waals surface area contributed by atoms with Gasteiger partial charge >= 0.3 is 6.18 Å². The monoisotopic (exact) mass is 284 g/mol. The summed E-state index contributed by atoms with van der Waals surface area (Å²) in [5.41, 5.74) is -0.298. The van der Waals surface area contributed by atoms with E-state index in [1.54, 1.807) is 0 Å². The zero-order valence-electron chi connectivity index (χ0n) is 7.68. The number of alkyl halides is 3. The molecule has 0 heterocycles. The van der Waals surface area contributed by atoms with Crippen LogP contribution >= 0.6 is 15.9 Å². The maximum atomic E-state index is 12.2. The van der Waals surface area contributed by atoms with Crippen LogP contribution in [0.2, 0.25) is 0 Å². The third-order valence-electron chi connectivity index (χ3n) is 1.80. The van der Waals surface area contributed by atoms with Crippen LogP contribution in [-0.2, 0) is 0 Å². The predicted molar refractivity (Wildman–Crippen MR) is 51.7 cm³/mol. The molecule has 0 radical (unpaired) electrons. The van der Waals surface area contributed by atoms with Crippen LogP contribution in [0.25, 0.3) is 0 Å². The van der Waals surface area contributed by atoms with Gasteiger partial charge < -0.3 is 9.84 Å². The number of halogens is 4. The van der Waals surface area contributed by atoms with Gasteiger partial charge in [-0.1, -0.05) is 22.0 Å². The first-order valence-corrected chi connectivity index (χ1v) is 4.73. The van der Waals surface area contributed by atoms with Crippen molar-refractivity contribution < 1.29 is 23.0 Å². The zero-order chi connectivity index (χ0) is 11.6. The highest BCUT2D eigenvalue weighted by molar-refractivity contribution is 9.10. The van der Waals surface area contributed by atoms with Crippen molar-refractivity contribution >= 4 is 15.9 Å². The summed E-state index contributed by atoms with van der Waals surface area (Å²) < 4.78 is 42.0. The second kappa shape index (κ2) is 4.40. The topological polar surface area (TPSA) is 29.5 Å². The van der Waals surface area contributed by atoms with Crippen molar-refractivity contribution in [2.45, 2.75) is 12.3 Å². The highest BCUT2D eigenvalue weighted by atomic mass is 79.9. The lowest BCUT2D eigenvalue weighted by Gasteiger charge is -2.17. The van der Waals surface area contributed by atoms with E-state index in [2.05, 4.69) is 15.9 Å². The molecule has 1 rings (SSSR count). The maximum absolute atomic E-state index is 12.2. The van der Waals surface area contributed by atoms with Crippen LogP contribution in [-0.4, -0.2) is 18.4 Å². The Morgan fingerprint density at radius 3 is 2.47 bits per heavy atom. The van der Waals surface area contributed by atoms with E-state index >= 15 is 0 Å². The Hall–Kier alpha value is -0.750. The van der Waals surface area contributed by atoms with Gasteiger partial charge in [-0.2, -0.15) is 13.2 Å². The van der Waals surface area contributed by atoms with Gasteiger partial charge in [-0.05, 0) is 12.1 Å². The second-order valence-corrected chi connectivity index (χ2v) is 3.75. The van der Waals surface area contributed by atoms with Gasteiger partial charge in [-0.15, -0.1) is 0 Å². The van der Waals surface area contributed by atoms with Gasteiger partial charge in [0, 0.05) is 10.0 Å². The highest BCUT2D eigenvalue weighted by Crippen LogP contribution is 2.37. The molecule has 1 aromatic rings. The fourth-order valence-corrected chi connectivity index (χ4v) is 1.43. The van der Waals surface area contributed by atoms with Crippen molar-refractivity contribution in [2.75, 3.05) is 7.11 Å². The first-order chi connectivity index (χ1) is 6.86. The molecule has 0 saturated heterocycles. The lowest BCUT2D eigenvalue weighted by atomic mass is 10.1. The van der Waals surface area contributed by atoms with Crippen molar-refractivity contribution in [3.05, 3.63) is 28.2 Å². The molecule has 15 heavy (non-hydrogen) atoms. The van der Waals surface area contributed by atoms with Gasteiger partial charge in [0.15, 0.2) is 6.10 Å². The third kappa shape index (κ3) is 2.85. The SMILES string of the molecule is COc1cc(Br)ccc1C(O)C(F)(F)F. The smallest absolute Gasteiger partial charge is 0.418 e. The van der Waals surface area contributed by atoms with E-state index in [0.29, 0.717) is 4.47 Å². The van der Waals surface area contributed by atoms with Gasteiger partial charge in [0.25, 0.3) is 0 Å². The second-order valence-electron chi connectivity index (χ2n) is 2.83. The zero-order valence-corrected chi connectivity index (χ0v) is 9.26. The molecule has 0 amide bonds. The molecule has 0 fully saturated rings. The van der Waals surface area contributed by atoms with Crippen LogP contribution in [0.15, 0.2) is 22.7 Å². The Labute approximate surface area is 92.8 Å². The minimum atomic E-state index is -4.69. The number of hydrogen-bond donors (Lipinski definition) is 1.